The molecular formula is C23H25N3O6S2. The molecule has 0 saturated carbocycles. The molecule has 0 fully saturated rings. The molecule has 0 aliphatic heterocycles. The fourth-order valence-electron chi connectivity index (χ4n) is 3.11. The van der Waals surface area contributed by atoms with Gasteiger partial charge in [-0.05, 0) is 55.0 Å². The standard InChI is InChI=1S/C23H25N3O6S2/c1-16-12-13-18(15-22(16)33(28,29)25-20-10-5-6-11-21(20)32-4)24-23(27)17-8-7-9-19(14-17)34(30,31)26(2)3/h5-15,25H,1-4H3,(H,24,27). The van der Waals surface area contributed by atoms with E-state index in [9.17, 15) is 21.6 Å². The Kier molecular flexibility index (Phi) is 7.29. The number of methoxy groups -OCH3 is 1. The second-order valence-corrected chi connectivity index (χ2v) is 11.4. The van der Waals surface area contributed by atoms with Crippen LogP contribution in [0.4, 0.5) is 11.4 Å². The SMILES string of the molecule is COc1ccccc1NS(=O)(=O)c1cc(NC(=O)c2cccc(S(=O)(=O)N(C)C)c2)ccc1C. The maximum Gasteiger partial charge on any atom is 0.262 e. The van der Waals surface area contributed by atoms with Crippen LogP contribution in [0.15, 0.2) is 76.5 Å². The van der Waals surface area contributed by atoms with Gasteiger partial charge in [0, 0.05) is 25.3 Å². The summed E-state index contributed by atoms with van der Waals surface area (Å²) in [6.07, 6.45) is 0. The lowest BCUT2D eigenvalue weighted by molar-refractivity contribution is 0.102. The Balaban J connectivity index is 1.89. The zero-order valence-corrected chi connectivity index (χ0v) is 20.7. The van der Waals surface area contributed by atoms with Crippen molar-refractivity contribution in [3.8, 4) is 5.75 Å². The lowest BCUT2D eigenvalue weighted by atomic mass is 10.2. The molecule has 0 atom stereocenters. The van der Waals surface area contributed by atoms with Gasteiger partial charge in [0.25, 0.3) is 15.9 Å². The van der Waals surface area contributed by atoms with Gasteiger partial charge in [0.05, 0.1) is 22.6 Å². The van der Waals surface area contributed by atoms with Crippen LogP contribution in [0.25, 0.3) is 0 Å². The molecule has 0 aliphatic rings. The number of anilines is 2. The van der Waals surface area contributed by atoms with Gasteiger partial charge in [0.1, 0.15) is 5.75 Å². The monoisotopic (exact) mass is 503 g/mol. The number of carbonyl (C=O) groups excluding carboxylic acids is 1. The lowest BCUT2D eigenvalue weighted by Gasteiger charge is -2.15. The molecule has 9 nitrogen and oxygen atoms in total. The average Bonchev–Trinajstić information content (AvgIpc) is 2.80. The van der Waals surface area contributed by atoms with Crippen molar-refractivity contribution in [1.82, 2.24) is 4.31 Å². The van der Waals surface area contributed by atoms with Crippen LogP contribution in [0.1, 0.15) is 15.9 Å². The Labute approximate surface area is 199 Å². The number of hydrogen-bond donors (Lipinski definition) is 2. The number of nitrogens with zero attached hydrogens (tertiary/aromatic N) is 1. The van der Waals surface area contributed by atoms with E-state index in [-0.39, 0.29) is 26.7 Å². The maximum atomic E-state index is 13.1. The molecule has 0 unspecified atom stereocenters. The van der Waals surface area contributed by atoms with Gasteiger partial charge < -0.3 is 10.1 Å². The molecule has 34 heavy (non-hydrogen) atoms. The minimum Gasteiger partial charge on any atom is -0.495 e. The Hall–Kier alpha value is -3.41. The van der Waals surface area contributed by atoms with E-state index >= 15 is 0 Å². The molecule has 3 aromatic carbocycles. The summed E-state index contributed by atoms with van der Waals surface area (Å²) < 4.78 is 59.6. The maximum absolute atomic E-state index is 13.1. The molecule has 0 heterocycles. The second kappa shape index (κ2) is 9.84. The first-order chi connectivity index (χ1) is 16.0. The predicted octanol–water partition coefficient (Wildman–Crippen LogP) is 3.31. The van der Waals surface area contributed by atoms with Crippen LogP contribution in [-0.2, 0) is 20.0 Å². The lowest BCUT2D eigenvalue weighted by Crippen LogP contribution is -2.22. The van der Waals surface area contributed by atoms with Crippen molar-refractivity contribution in [2.75, 3.05) is 31.2 Å². The molecule has 0 saturated heterocycles. The largest absolute Gasteiger partial charge is 0.495 e. The van der Waals surface area contributed by atoms with E-state index in [1.54, 1.807) is 43.3 Å². The van der Waals surface area contributed by atoms with Gasteiger partial charge in [0.15, 0.2) is 0 Å². The first-order valence-electron chi connectivity index (χ1n) is 10.1. The summed E-state index contributed by atoms with van der Waals surface area (Å²) in [7, 11) is -3.48. The summed E-state index contributed by atoms with van der Waals surface area (Å²) in [5.41, 5.74) is 1.09. The van der Waals surface area contributed by atoms with Gasteiger partial charge in [-0.3, -0.25) is 9.52 Å². The molecule has 0 spiro atoms. The number of ether oxygens (including phenoxy) is 1. The van der Waals surface area contributed by atoms with Crippen molar-refractivity contribution in [2.24, 2.45) is 0 Å². The number of benzene rings is 3. The van der Waals surface area contributed by atoms with Crippen molar-refractivity contribution in [3.63, 3.8) is 0 Å². The van der Waals surface area contributed by atoms with E-state index in [4.69, 9.17) is 4.74 Å². The molecule has 0 bridgehead atoms. The van der Waals surface area contributed by atoms with Gasteiger partial charge in [-0.25, -0.2) is 21.1 Å². The van der Waals surface area contributed by atoms with E-state index in [1.165, 1.54) is 51.5 Å². The minimum absolute atomic E-state index is 0.0276. The summed E-state index contributed by atoms with van der Waals surface area (Å²) in [5.74, 6) is -0.221. The van der Waals surface area contributed by atoms with Crippen LogP contribution in [0.2, 0.25) is 0 Å². The third-order valence-electron chi connectivity index (χ3n) is 4.96. The van der Waals surface area contributed by atoms with Gasteiger partial charge in [-0.1, -0.05) is 24.3 Å². The fourth-order valence-corrected chi connectivity index (χ4v) is 5.40. The molecule has 0 aliphatic carbocycles. The van der Waals surface area contributed by atoms with E-state index in [0.29, 0.717) is 11.3 Å². The molecule has 2 N–H and O–H groups in total. The number of amides is 1. The number of sulfonamides is 2. The Morgan fingerprint density at radius 1 is 0.912 bits per heavy atom. The van der Waals surface area contributed by atoms with Crippen molar-refractivity contribution < 1.29 is 26.4 Å². The first kappa shape index (κ1) is 25.2. The average molecular weight is 504 g/mol. The van der Waals surface area contributed by atoms with Gasteiger partial charge in [-0.15, -0.1) is 0 Å². The topological polar surface area (TPSA) is 122 Å². The summed E-state index contributed by atoms with van der Waals surface area (Å²) in [4.78, 5) is 12.7. The Bertz CT molecular complexity index is 1430. The van der Waals surface area contributed by atoms with Gasteiger partial charge in [-0.2, -0.15) is 0 Å². The predicted molar refractivity (Wildman–Crippen MR) is 130 cm³/mol. The summed E-state index contributed by atoms with van der Waals surface area (Å²) in [6.45, 7) is 1.64. The molecule has 1 amide bonds. The van der Waals surface area contributed by atoms with Gasteiger partial charge in [0.2, 0.25) is 10.0 Å². The van der Waals surface area contributed by atoms with Crippen LogP contribution in [0, 0.1) is 6.92 Å². The van der Waals surface area contributed by atoms with Crippen LogP contribution >= 0.6 is 0 Å². The first-order valence-corrected chi connectivity index (χ1v) is 13.0. The summed E-state index contributed by atoms with van der Waals surface area (Å²) in [5, 5.41) is 2.63. The summed E-state index contributed by atoms with van der Waals surface area (Å²) in [6, 6.07) is 16.7. The summed E-state index contributed by atoms with van der Waals surface area (Å²) >= 11 is 0. The molecule has 0 aromatic heterocycles. The number of para-hydroxylation sites is 2. The number of rotatable bonds is 8. The van der Waals surface area contributed by atoms with Crippen molar-refractivity contribution >= 4 is 37.3 Å². The third kappa shape index (κ3) is 5.38. The van der Waals surface area contributed by atoms with Crippen molar-refractivity contribution in [1.29, 1.82) is 0 Å². The Morgan fingerprint density at radius 3 is 2.29 bits per heavy atom. The fraction of sp³-hybridized carbons (Fsp3) is 0.174. The zero-order chi connectivity index (χ0) is 25.1. The van der Waals surface area contributed by atoms with Crippen LogP contribution in [0.5, 0.6) is 5.75 Å². The number of hydrogen-bond acceptors (Lipinski definition) is 6. The quantitative estimate of drug-likeness (QED) is 0.486. The number of carbonyl (C=O) groups is 1. The third-order valence-corrected chi connectivity index (χ3v) is 8.28. The number of nitrogens with one attached hydrogen (secondary N) is 2. The molecule has 11 heteroatoms. The van der Waals surface area contributed by atoms with Crippen LogP contribution < -0.4 is 14.8 Å². The highest BCUT2D eigenvalue weighted by molar-refractivity contribution is 7.92. The van der Waals surface area contributed by atoms with Crippen molar-refractivity contribution in [2.45, 2.75) is 16.7 Å². The number of aryl methyl sites for hydroxylation is 1. The molecule has 180 valence electrons. The van der Waals surface area contributed by atoms with E-state index in [0.717, 1.165) is 4.31 Å². The molecule has 3 rings (SSSR count). The van der Waals surface area contributed by atoms with Crippen LogP contribution in [-0.4, -0.2) is 48.3 Å². The normalized spacial score (nSPS) is 11.8. The highest BCUT2D eigenvalue weighted by Gasteiger charge is 2.21. The van der Waals surface area contributed by atoms with E-state index in [2.05, 4.69) is 10.0 Å². The molecular weight excluding hydrogens is 478 g/mol. The highest BCUT2D eigenvalue weighted by atomic mass is 32.2. The zero-order valence-electron chi connectivity index (χ0n) is 19.1. The smallest absolute Gasteiger partial charge is 0.262 e. The molecule has 0 radical (unpaired) electrons. The van der Waals surface area contributed by atoms with Gasteiger partial charge >= 0.3 is 0 Å². The van der Waals surface area contributed by atoms with Crippen LogP contribution in [0.3, 0.4) is 0 Å². The molecule has 3 aromatic rings. The Morgan fingerprint density at radius 2 is 1.62 bits per heavy atom. The van der Waals surface area contributed by atoms with E-state index < -0.39 is 26.0 Å². The van der Waals surface area contributed by atoms with E-state index in [1.807, 2.05) is 0 Å². The second-order valence-electron chi connectivity index (χ2n) is 7.56. The van der Waals surface area contributed by atoms with Crippen molar-refractivity contribution in [3.05, 3.63) is 77.9 Å². The minimum atomic E-state index is -4.00. The highest BCUT2D eigenvalue weighted by Crippen LogP contribution is 2.28.